The number of hydrogen-bond donors (Lipinski definition) is 2. The Bertz CT molecular complexity index is 1050. The summed E-state index contributed by atoms with van der Waals surface area (Å²) in [5, 5.41) is 2.67. The van der Waals surface area contributed by atoms with Gasteiger partial charge in [-0.15, -0.1) is 0 Å². The van der Waals surface area contributed by atoms with E-state index in [0.717, 1.165) is 6.07 Å². The first kappa shape index (κ1) is 19.8. The lowest BCUT2D eigenvalue weighted by Gasteiger charge is -2.19. The fourth-order valence-corrected chi connectivity index (χ4v) is 2.94. The molecule has 1 atom stereocenters. The number of benzene rings is 1. The van der Waals surface area contributed by atoms with Crippen LogP contribution < -0.4 is 10.9 Å². The van der Waals surface area contributed by atoms with E-state index in [-0.39, 0.29) is 0 Å². The first-order valence-corrected chi connectivity index (χ1v) is 8.84. The quantitative estimate of drug-likeness (QED) is 0.587. The molecule has 2 heterocycles. The van der Waals surface area contributed by atoms with Gasteiger partial charge in [0.25, 0.3) is 11.5 Å². The molecule has 0 aliphatic carbocycles. The van der Waals surface area contributed by atoms with Crippen LogP contribution in [0.15, 0.2) is 70.1 Å². The number of amides is 1. The van der Waals surface area contributed by atoms with E-state index in [1.807, 2.05) is 0 Å². The number of aromatic nitrogens is 2. The third-order valence-corrected chi connectivity index (χ3v) is 4.34. The van der Waals surface area contributed by atoms with Gasteiger partial charge in [0.1, 0.15) is 15.9 Å². The largest absolute Gasteiger partial charge is 0.431 e. The van der Waals surface area contributed by atoms with Gasteiger partial charge >= 0.3 is 6.18 Å². The maximum atomic E-state index is 12.7. The zero-order chi connectivity index (χ0) is 20.3. The lowest BCUT2D eigenvalue weighted by molar-refractivity contribution is -0.141. The van der Waals surface area contributed by atoms with Crippen molar-refractivity contribution < 1.29 is 18.0 Å². The Balaban J connectivity index is 1.95. The number of hydrogen-bond acceptors (Lipinski definition) is 3. The SMILES string of the molecule is O=C(NC(c1ccccc1)c1cccc(Br)n1)c1ccc(C(F)(F)F)[nH]c1=O. The normalized spacial score (nSPS) is 12.4. The Morgan fingerprint density at radius 1 is 1.04 bits per heavy atom. The monoisotopic (exact) mass is 451 g/mol. The molecule has 5 nitrogen and oxygen atoms in total. The van der Waals surface area contributed by atoms with E-state index in [9.17, 15) is 22.8 Å². The van der Waals surface area contributed by atoms with Crippen LogP contribution in [0.1, 0.15) is 33.4 Å². The number of rotatable bonds is 4. The summed E-state index contributed by atoms with van der Waals surface area (Å²) < 4.78 is 38.7. The molecule has 0 saturated carbocycles. The molecule has 0 saturated heterocycles. The highest BCUT2D eigenvalue weighted by Gasteiger charge is 2.32. The minimum atomic E-state index is -4.71. The molecular formula is C19H13BrF3N3O2. The second-order valence-electron chi connectivity index (χ2n) is 5.81. The lowest BCUT2D eigenvalue weighted by Crippen LogP contribution is -2.34. The van der Waals surface area contributed by atoms with Crippen molar-refractivity contribution in [3.8, 4) is 0 Å². The van der Waals surface area contributed by atoms with Gasteiger partial charge in [0.15, 0.2) is 0 Å². The number of nitrogens with one attached hydrogen (secondary N) is 2. The molecule has 28 heavy (non-hydrogen) atoms. The van der Waals surface area contributed by atoms with Crippen molar-refractivity contribution in [2.45, 2.75) is 12.2 Å². The van der Waals surface area contributed by atoms with E-state index >= 15 is 0 Å². The molecule has 2 N–H and O–H groups in total. The topological polar surface area (TPSA) is 74.8 Å². The molecule has 0 fully saturated rings. The summed E-state index contributed by atoms with van der Waals surface area (Å²) >= 11 is 3.27. The van der Waals surface area contributed by atoms with Crippen LogP contribution in [0.4, 0.5) is 13.2 Å². The number of pyridine rings is 2. The Kier molecular flexibility index (Phi) is 5.64. The van der Waals surface area contributed by atoms with Crippen LogP contribution in [0.25, 0.3) is 0 Å². The van der Waals surface area contributed by atoms with Gasteiger partial charge in [-0.2, -0.15) is 13.2 Å². The Labute approximate surface area is 165 Å². The molecule has 9 heteroatoms. The first-order chi connectivity index (χ1) is 13.3. The van der Waals surface area contributed by atoms with Crippen LogP contribution in [0.3, 0.4) is 0 Å². The van der Waals surface area contributed by atoms with Crippen molar-refractivity contribution in [1.29, 1.82) is 0 Å². The summed E-state index contributed by atoms with van der Waals surface area (Å²) in [6.45, 7) is 0. The molecule has 0 bridgehead atoms. The van der Waals surface area contributed by atoms with Crippen molar-refractivity contribution in [1.82, 2.24) is 15.3 Å². The van der Waals surface area contributed by atoms with E-state index in [1.165, 1.54) is 0 Å². The maximum Gasteiger partial charge on any atom is 0.431 e. The highest BCUT2D eigenvalue weighted by Crippen LogP contribution is 2.27. The summed E-state index contributed by atoms with van der Waals surface area (Å²) in [5.41, 5.74) is -1.57. The Morgan fingerprint density at radius 2 is 1.75 bits per heavy atom. The summed E-state index contributed by atoms with van der Waals surface area (Å²) in [6, 6.07) is 14.8. The molecule has 3 aromatic rings. The van der Waals surface area contributed by atoms with Crippen LogP contribution in [-0.2, 0) is 6.18 Å². The van der Waals surface area contributed by atoms with Crippen LogP contribution >= 0.6 is 15.9 Å². The number of aromatic amines is 1. The zero-order valence-electron chi connectivity index (χ0n) is 14.1. The predicted octanol–water partition coefficient (Wildman–Crippen LogP) is 4.07. The van der Waals surface area contributed by atoms with E-state index in [1.54, 1.807) is 53.5 Å². The lowest BCUT2D eigenvalue weighted by atomic mass is 10.0. The zero-order valence-corrected chi connectivity index (χ0v) is 15.7. The van der Waals surface area contributed by atoms with Gasteiger partial charge in [0.2, 0.25) is 0 Å². The second-order valence-corrected chi connectivity index (χ2v) is 6.63. The summed E-state index contributed by atoms with van der Waals surface area (Å²) in [7, 11) is 0. The highest BCUT2D eigenvalue weighted by molar-refractivity contribution is 9.10. The van der Waals surface area contributed by atoms with Crippen LogP contribution in [0.2, 0.25) is 0 Å². The van der Waals surface area contributed by atoms with Crippen molar-refractivity contribution in [3.63, 3.8) is 0 Å². The minimum Gasteiger partial charge on any atom is -0.339 e. The molecule has 2 aromatic heterocycles. The third-order valence-electron chi connectivity index (χ3n) is 3.90. The molecular weight excluding hydrogens is 439 g/mol. The van der Waals surface area contributed by atoms with Crippen LogP contribution in [0, 0.1) is 0 Å². The van der Waals surface area contributed by atoms with Gasteiger partial charge in [-0.1, -0.05) is 36.4 Å². The number of carbonyl (C=O) groups is 1. The summed E-state index contributed by atoms with van der Waals surface area (Å²) in [5.74, 6) is -0.814. The summed E-state index contributed by atoms with van der Waals surface area (Å²) in [6.07, 6.45) is -4.71. The molecule has 0 spiro atoms. The smallest absolute Gasteiger partial charge is 0.339 e. The van der Waals surface area contributed by atoms with Gasteiger partial charge in [-0.3, -0.25) is 9.59 Å². The third kappa shape index (κ3) is 4.48. The van der Waals surface area contributed by atoms with Crippen LogP contribution in [-0.4, -0.2) is 15.9 Å². The number of alkyl halides is 3. The Hall–Kier alpha value is -2.94. The standard InChI is InChI=1S/C19H13BrF3N3O2/c20-15-8-4-7-13(24-15)16(11-5-2-1-3-6-11)26-18(28)12-9-10-14(19(21,22)23)25-17(12)27/h1-10,16H,(H,25,27)(H,26,28). The number of carbonyl (C=O) groups excluding carboxylic acids is 1. The summed E-state index contributed by atoms with van der Waals surface area (Å²) in [4.78, 5) is 30.6. The average Bonchev–Trinajstić information content (AvgIpc) is 2.65. The predicted molar refractivity (Wildman–Crippen MR) is 99.8 cm³/mol. The fraction of sp³-hybridized carbons (Fsp3) is 0.105. The highest BCUT2D eigenvalue weighted by atomic mass is 79.9. The van der Waals surface area contributed by atoms with Crippen molar-refractivity contribution in [3.05, 3.63) is 98.1 Å². The molecule has 1 amide bonds. The van der Waals surface area contributed by atoms with Gasteiger partial charge in [0, 0.05) is 0 Å². The van der Waals surface area contributed by atoms with Gasteiger partial charge in [-0.05, 0) is 45.8 Å². The van der Waals surface area contributed by atoms with E-state index in [4.69, 9.17) is 0 Å². The molecule has 0 radical (unpaired) electrons. The van der Waals surface area contributed by atoms with E-state index < -0.39 is 34.9 Å². The molecule has 0 aliphatic rings. The van der Waals surface area contributed by atoms with Crippen molar-refractivity contribution in [2.24, 2.45) is 0 Å². The number of nitrogens with zero attached hydrogens (tertiary/aromatic N) is 1. The number of H-pyrrole nitrogens is 1. The Morgan fingerprint density at radius 3 is 2.36 bits per heavy atom. The molecule has 144 valence electrons. The molecule has 1 unspecified atom stereocenters. The molecule has 3 rings (SSSR count). The van der Waals surface area contributed by atoms with Gasteiger partial charge in [0.05, 0.1) is 11.7 Å². The minimum absolute atomic E-state index is 0.427. The van der Waals surface area contributed by atoms with Crippen molar-refractivity contribution in [2.75, 3.05) is 0 Å². The molecule has 0 aliphatic heterocycles. The van der Waals surface area contributed by atoms with E-state index in [0.29, 0.717) is 21.9 Å². The number of halogens is 4. The maximum absolute atomic E-state index is 12.7. The second kappa shape index (κ2) is 7.97. The average molecular weight is 452 g/mol. The van der Waals surface area contributed by atoms with E-state index in [2.05, 4.69) is 26.2 Å². The van der Waals surface area contributed by atoms with Gasteiger partial charge in [-0.25, -0.2) is 4.98 Å². The first-order valence-electron chi connectivity index (χ1n) is 8.04. The van der Waals surface area contributed by atoms with Gasteiger partial charge < -0.3 is 10.3 Å². The van der Waals surface area contributed by atoms with Crippen molar-refractivity contribution >= 4 is 21.8 Å². The fourth-order valence-electron chi connectivity index (χ4n) is 2.58. The van der Waals surface area contributed by atoms with Crippen LogP contribution in [0.5, 0.6) is 0 Å². The molecule has 1 aromatic carbocycles.